The van der Waals surface area contributed by atoms with Crippen molar-refractivity contribution in [2.75, 3.05) is 0 Å². The highest BCUT2D eigenvalue weighted by molar-refractivity contribution is 7.99. The number of halogens is 2. The summed E-state index contributed by atoms with van der Waals surface area (Å²) < 4.78 is 26.4. The number of hydrogen-bond donors (Lipinski definition) is 1. The molecule has 2 N–H and O–H groups in total. The summed E-state index contributed by atoms with van der Waals surface area (Å²) in [5.41, 5.74) is 7.55. The molecule has 1 heterocycles. The van der Waals surface area contributed by atoms with Crippen molar-refractivity contribution in [3.05, 3.63) is 53.2 Å². The minimum absolute atomic E-state index is 0.337. The van der Waals surface area contributed by atoms with Crippen LogP contribution in [0.4, 0.5) is 8.78 Å². The SMILES string of the molecule is Cc1ccnc(Sc2ccc(F)cc2F)c1CN. The maximum atomic E-state index is 13.6. The number of pyridine rings is 1. The number of benzene rings is 1. The van der Waals surface area contributed by atoms with Crippen molar-refractivity contribution in [3.63, 3.8) is 0 Å². The summed E-state index contributed by atoms with van der Waals surface area (Å²) in [5, 5.41) is 0.656. The van der Waals surface area contributed by atoms with Crippen LogP contribution in [0.2, 0.25) is 0 Å². The lowest BCUT2D eigenvalue weighted by Crippen LogP contribution is -2.02. The Morgan fingerprint density at radius 3 is 2.72 bits per heavy atom. The van der Waals surface area contributed by atoms with Crippen LogP contribution in [-0.4, -0.2) is 4.98 Å². The van der Waals surface area contributed by atoms with Crippen molar-refractivity contribution in [3.8, 4) is 0 Å². The topological polar surface area (TPSA) is 38.9 Å². The van der Waals surface area contributed by atoms with E-state index < -0.39 is 11.6 Å². The van der Waals surface area contributed by atoms with Crippen LogP contribution in [0.25, 0.3) is 0 Å². The first-order valence-corrected chi connectivity index (χ1v) is 6.21. The van der Waals surface area contributed by atoms with Gasteiger partial charge in [-0.25, -0.2) is 13.8 Å². The predicted molar refractivity (Wildman–Crippen MR) is 67.3 cm³/mol. The number of rotatable bonds is 3. The smallest absolute Gasteiger partial charge is 0.140 e. The van der Waals surface area contributed by atoms with Crippen LogP contribution in [0.15, 0.2) is 40.4 Å². The molecule has 0 amide bonds. The highest BCUT2D eigenvalue weighted by atomic mass is 32.2. The summed E-state index contributed by atoms with van der Waals surface area (Å²) in [6.45, 7) is 2.26. The van der Waals surface area contributed by atoms with E-state index in [1.54, 1.807) is 6.20 Å². The highest BCUT2D eigenvalue weighted by Gasteiger charge is 2.11. The molecule has 0 atom stereocenters. The van der Waals surface area contributed by atoms with Crippen LogP contribution in [-0.2, 0) is 6.54 Å². The summed E-state index contributed by atoms with van der Waals surface area (Å²) in [7, 11) is 0. The number of aromatic nitrogens is 1. The average Bonchev–Trinajstić information content (AvgIpc) is 2.33. The minimum Gasteiger partial charge on any atom is -0.326 e. The second-order valence-corrected chi connectivity index (χ2v) is 4.82. The zero-order chi connectivity index (χ0) is 13.1. The molecule has 18 heavy (non-hydrogen) atoms. The summed E-state index contributed by atoms with van der Waals surface area (Å²) >= 11 is 1.16. The van der Waals surface area contributed by atoms with E-state index in [0.717, 1.165) is 29.0 Å². The first-order chi connectivity index (χ1) is 8.61. The van der Waals surface area contributed by atoms with Gasteiger partial charge in [0.25, 0.3) is 0 Å². The molecule has 0 aliphatic heterocycles. The Hall–Kier alpha value is -1.46. The summed E-state index contributed by atoms with van der Waals surface area (Å²) in [5.74, 6) is -1.18. The van der Waals surface area contributed by atoms with Gasteiger partial charge >= 0.3 is 0 Å². The zero-order valence-corrected chi connectivity index (χ0v) is 10.6. The predicted octanol–water partition coefficient (Wildman–Crippen LogP) is 3.28. The van der Waals surface area contributed by atoms with E-state index in [4.69, 9.17) is 5.73 Å². The van der Waals surface area contributed by atoms with Gasteiger partial charge in [0.1, 0.15) is 16.7 Å². The quantitative estimate of drug-likeness (QED) is 0.926. The van der Waals surface area contributed by atoms with Gasteiger partial charge in [-0.2, -0.15) is 0 Å². The molecule has 0 unspecified atom stereocenters. The van der Waals surface area contributed by atoms with E-state index in [2.05, 4.69) is 4.98 Å². The fraction of sp³-hybridized carbons (Fsp3) is 0.154. The van der Waals surface area contributed by atoms with Gasteiger partial charge in [0.05, 0.1) is 0 Å². The second kappa shape index (κ2) is 5.46. The molecule has 5 heteroatoms. The van der Waals surface area contributed by atoms with Gasteiger partial charge in [-0.1, -0.05) is 11.8 Å². The van der Waals surface area contributed by atoms with Gasteiger partial charge in [0.15, 0.2) is 0 Å². The van der Waals surface area contributed by atoms with Crippen LogP contribution >= 0.6 is 11.8 Å². The lowest BCUT2D eigenvalue weighted by atomic mass is 10.2. The fourth-order valence-corrected chi connectivity index (χ4v) is 2.54. The standard InChI is InChI=1S/C13H12F2N2S/c1-8-4-5-17-13(10(8)7-16)18-12-3-2-9(14)6-11(12)15/h2-6H,7,16H2,1H3. The molecule has 2 nitrogen and oxygen atoms in total. The summed E-state index contributed by atoms with van der Waals surface area (Å²) in [6, 6.07) is 5.34. The van der Waals surface area contributed by atoms with Gasteiger partial charge in [0.2, 0.25) is 0 Å². The van der Waals surface area contributed by atoms with Crippen LogP contribution in [0.3, 0.4) is 0 Å². The highest BCUT2D eigenvalue weighted by Crippen LogP contribution is 2.31. The normalized spacial score (nSPS) is 10.7. The van der Waals surface area contributed by atoms with E-state index >= 15 is 0 Å². The van der Waals surface area contributed by atoms with E-state index in [0.29, 0.717) is 16.5 Å². The molecule has 2 rings (SSSR count). The van der Waals surface area contributed by atoms with E-state index in [-0.39, 0.29) is 0 Å². The molecule has 0 radical (unpaired) electrons. The number of aryl methyl sites for hydroxylation is 1. The van der Waals surface area contributed by atoms with Gasteiger partial charge < -0.3 is 5.73 Å². The maximum absolute atomic E-state index is 13.6. The molecule has 1 aromatic heterocycles. The molecule has 0 fully saturated rings. The third-order valence-corrected chi connectivity index (χ3v) is 3.65. The Morgan fingerprint density at radius 1 is 1.28 bits per heavy atom. The molecular formula is C13H12F2N2S. The Balaban J connectivity index is 2.37. The Morgan fingerprint density at radius 2 is 2.06 bits per heavy atom. The van der Waals surface area contributed by atoms with Crippen LogP contribution in [0.5, 0.6) is 0 Å². The molecule has 94 valence electrons. The minimum atomic E-state index is -0.591. The molecule has 0 spiro atoms. The van der Waals surface area contributed by atoms with Gasteiger partial charge in [-0.15, -0.1) is 0 Å². The second-order valence-electron chi connectivity index (χ2n) is 3.79. The van der Waals surface area contributed by atoms with Crippen molar-refractivity contribution in [2.24, 2.45) is 5.73 Å². The van der Waals surface area contributed by atoms with Gasteiger partial charge in [-0.05, 0) is 30.7 Å². The fourth-order valence-electron chi connectivity index (χ4n) is 1.56. The van der Waals surface area contributed by atoms with Crippen LogP contribution in [0, 0.1) is 18.6 Å². The first kappa shape index (κ1) is 13.0. The maximum Gasteiger partial charge on any atom is 0.140 e. The number of nitrogens with zero attached hydrogens (tertiary/aromatic N) is 1. The van der Waals surface area contributed by atoms with Crippen molar-refractivity contribution >= 4 is 11.8 Å². The van der Waals surface area contributed by atoms with Crippen molar-refractivity contribution < 1.29 is 8.78 Å². The largest absolute Gasteiger partial charge is 0.326 e. The average molecular weight is 266 g/mol. The molecule has 0 saturated carbocycles. The van der Waals surface area contributed by atoms with E-state index in [1.165, 1.54) is 12.1 Å². The van der Waals surface area contributed by atoms with Gasteiger partial charge in [-0.3, -0.25) is 0 Å². The summed E-state index contributed by atoms with van der Waals surface area (Å²) in [6.07, 6.45) is 1.65. The Labute approximate surface area is 108 Å². The molecule has 0 aliphatic rings. The van der Waals surface area contributed by atoms with Crippen LogP contribution < -0.4 is 5.73 Å². The third kappa shape index (κ3) is 2.68. The number of nitrogens with two attached hydrogens (primary N) is 1. The summed E-state index contributed by atoms with van der Waals surface area (Å²) in [4.78, 5) is 4.53. The van der Waals surface area contributed by atoms with E-state index in [1.807, 2.05) is 13.0 Å². The molecular weight excluding hydrogens is 254 g/mol. The van der Waals surface area contributed by atoms with Crippen molar-refractivity contribution in [1.82, 2.24) is 4.98 Å². The molecule has 0 aliphatic carbocycles. The first-order valence-electron chi connectivity index (χ1n) is 5.39. The lowest BCUT2D eigenvalue weighted by Gasteiger charge is -2.09. The van der Waals surface area contributed by atoms with E-state index in [9.17, 15) is 8.78 Å². The third-order valence-electron chi connectivity index (χ3n) is 2.56. The molecule has 1 aromatic carbocycles. The Kier molecular flexibility index (Phi) is 3.93. The van der Waals surface area contributed by atoms with Crippen molar-refractivity contribution in [1.29, 1.82) is 0 Å². The zero-order valence-electron chi connectivity index (χ0n) is 9.78. The van der Waals surface area contributed by atoms with Crippen molar-refractivity contribution in [2.45, 2.75) is 23.4 Å². The van der Waals surface area contributed by atoms with Gasteiger partial charge in [0, 0.05) is 29.3 Å². The molecule has 0 bridgehead atoms. The lowest BCUT2D eigenvalue weighted by molar-refractivity contribution is 0.565. The van der Waals surface area contributed by atoms with Crippen LogP contribution in [0.1, 0.15) is 11.1 Å². The molecule has 0 saturated heterocycles. The monoisotopic (exact) mass is 266 g/mol. The number of hydrogen-bond acceptors (Lipinski definition) is 3. The Bertz CT molecular complexity index is 573. The molecule has 2 aromatic rings.